The van der Waals surface area contributed by atoms with E-state index in [2.05, 4.69) is 24.8 Å². The third-order valence-electron chi connectivity index (χ3n) is 5.93. The summed E-state index contributed by atoms with van der Waals surface area (Å²) >= 11 is 6.28. The van der Waals surface area contributed by atoms with Gasteiger partial charge in [0.25, 0.3) is 0 Å². The Kier molecular flexibility index (Phi) is 4.23. The lowest BCUT2D eigenvalue weighted by Gasteiger charge is -2.32. The molecule has 1 aliphatic heterocycles. The molecular weight excluding hydrogens is 374 g/mol. The number of aromatic amines is 1. The van der Waals surface area contributed by atoms with Crippen LogP contribution in [-0.4, -0.2) is 50.9 Å². The molecule has 7 heteroatoms. The predicted molar refractivity (Wildman–Crippen MR) is 110 cm³/mol. The van der Waals surface area contributed by atoms with E-state index in [-0.39, 0.29) is 11.4 Å². The summed E-state index contributed by atoms with van der Waals surface area (Å²) in [4.78, 5) is 29.6. The number of nitrogens with zero attached hydrogens (tertiary/aromatic N) is 4. The van der Waals surface area contributed by atoms with Gasteiger partial charge in [0.1, 0.15) is 17.8 Å². The van der Waals surface area contributed by atoms with Crippen molar-refractivity contribution in [3.8, 4) is 0 Å². The van der Waals surface area contributed by atoms with Gasteiger partial charge in [0.2, 0.25) is 5.91 Å². The highest BCUT2D eigenvalue weighted by atomic mass is 35.5. The first-order valence-electron chi connectivity index (χ1n) is 9.73. The average Bonchev–Trinajstić information content (AvgIpc) is 3.36. The highest BCUT2D eigenvalue weighted by Crippen LogP contribution is 2.45. The van der Waals surface area contributed by atoms with Crippen LogP contribution in [0.1, 0.15) is 24.8 Å². The lowest BCUT2D eigenvalue weighted by Crippen LogP contribution is -2.47. The smallest absolute Gasteiger partial charge is 0.227 e. The maximum Gasteiger partial charge on any atom is 0.227 e. The predicted octanol–water partition coefficient (Wildman–Crippen LogP) is 3.43. The number of benzene rings is 1. The van der Waals surface area contributed by atoms with E-state index in [0.29, 0.717) is 11.4 Å². The van der Waals surface area contributed by atoms with Gasteiger partial charge < -0.3 is 14.8 Å². The van der Waals surface area contributed by atoms with Crippen molar-refractivity contribution in [2.24, 2.45) is 0 Å². The molecule has 1 saturated heterocycles. The Bertz CT molecular complexity index is 1030. The van der Waals surface area contributed by atoms with Gasteiger partial charge in [0.15, 0.2) is 0 Å². The third kappa shape index (κ3) is 3.02. The van der Waals surface area contributed by atoms with Crippen LogP contribution in [0.5, 0.6) is 0 Å². The Hall–Kier alpha value is -2.60. The van der Waals surface area contributed by atoms with Crippen LogP contribution < -0.4 is 4.90 Å². The molecule has 3 heterocycles. The molecule has 3 aromatic rings. The lowest BCUT2D eigenvalue weighted by molar-refractivity contribution is -0.133. The van der Waals surface area contributed by atoms with Crippen molar-refractivity contribution >= 4 is 34.4 Å². The number of hydrogen-bond donors (Lipinski definition) is 1. The zero-order chi connectivity index (χ0) is 19.1. The van der Waals surface area contributed by atoms with E-state index in [4.69, 9.17) is 11.6 Å². The summed E-state index contributed by atoms with van der Waals surface area (Å²) in [5, 5.41) is 1.70. The molecule has 1 aromatic carbocycles. The maximum atomic E-state index is 13.2. The van der Waals surface area contributed by atoms with Gasteiger partial charge in [-0.3, -0.25) is 4.79 Å². The van der Waals surface area contributed by atoms with Crippen LogP contribution in [0, 0.1) is 0 Å². The topological polar surface area (TPSA) is 65.1 Å². The molecule has 1 amide bonds. The van der Waals surface area contributed by atoms with E-state index < -0.39 is 0 Å². The van der Waals surface area contributed by atoms with E-state index in [1.165, 1.54) is 0 Å². The second-order valence-corrected chi connectivity index (χ2v) is 8.16. The minimum atomic E-state index is -0.0809. The summed E-state index contributed by atoms with van der Waals surface area (Å²) in [6.45, 7) is 2.48. The fourth-order valence-electron chi connectivity index (χ4n) is 4.33. The third-order valence-corrected chi connectivity index (χ3v) is 6.30. The second-order valence-electron chi connectivity index (χ2n) is 7.75. The van der Waals surface area contributed by atoms with Crippen LogP contribution in [0.3, 0.4) is 0 Å². The minimum Gasteiger partial charge on any atom is -0.354 e. The van der Waals surface area contributed by atoms with Crippen LogP contribution in [0.2, 0.25) is 5.02 Å². The Morgan fingerprint density at radius 1 is 1.18 bits per heavy atom. The first-order chi connectivity index (χ1) is 13.7. The fraction of sp³-hybridized carbons (Fsp3) is 0.381. The normalized spacial score (nSPS) is 18.5. The molecule has 1 N–H and O–H groups in total. The molecule has 0 bridgehead atoms. The number of rotatable bonds is 3. The Balaban J connectivity index is 1.39. The summed E-state index contributed by atoms with van der Waals surface area (Å²) in [5.41, 5.74) is 1.67. The lowest BCUT2D eigenvalue weighted by atomic mass is 10.1. The van der Waals surface area contributed by atoms with E-state index in [0.717, 1.165) is 61.3 Å². The van der Waals surface area contributed by atoms with Crippen molar-refractivity contribution in [3.63, 3.8) is 0 Å². The van der Waals surface area contributed by atoms with Crippen LogP contribution >= 0.6 is 11.6 Å². The number of anilines is 1. The summed E-state index contributed by atoms with van der Waals surface area (Å²) in [5.74, 6) is 1.12. The van der Waals surface area contributed by atoms with Crippen LogP contribution in [-0.2, 0) is 11.2 Å². The molecule has 1 saturated carbocycles. The number of hydrogen-bond acceptors (Lipinski definition) is 4. The second kappa shape index (κ2) is 6.78. The van der Waals surface area contributed by atoms with Crippen molar-refractivity contribution in [2.75, 3.05) is 24.5 Å². The largest absolute Gasteiger partial charge is 0.354 e. The number of halogens is 1. The summed E-state index contributed by atoms with van der Waals surface area (Å²) in [6.07, 6.45) is 6.87. The average molecular weight is 396 g/mol. The fourth-order valence-corrected chi connectivity index (χ4v) is 4.53. The van der Waals surface area contributed by atoms with Gasteiger partial charge in [0, 0.05) is 30.9 Å². The Labute approximate surface area is 168 Å². The molecule has 2 aliphatic rings. The molecular formula is C21H22ClN5O. The number of carbonyl (C=O) groups is 1. The molecule has 0 unspecified atom stereocenters. The number of fused-ring (bicyclic) bond motifs is 1. The molecule has 2 fully saturated rings. The highest BCUT2D eigenvalue weighted by molar-refractivity contribution is 6.31. The molecule has 1 spiro atoms. The number of amides is 1. The molecule has 0 radical (unpaired) electrons. The van der Waals surface area contributed by atoms with Crippen molar-refractivity contribution in [1.82, 2.24) is 19.9 Å². The van der Waals surface area contributed by atoms with Crippen molar-refractivity contribution in [3.05, 3.63) is 53.4 Å². The molecule has 5 rings (SSSR count). The number of aromatic nitrogens is 3. The van der Waals surface area contributed by atoms with Gasteiger partial charge in [-0.05, 0) is 37.0 Å². The minimum absolute atomic E-state index is 0.0809. The summed E-state index contributed by atoms with van der Waals surface area (Å²) in [6, 6.07) is 9.64. The number of carbonyl (C=O) groups excluding carboxylic acids is 1. The first-order valence-corrected chi connectivity index (χ1v) is 10.1. The van der Waals surface area contributed by atoms with Crippen molar-refractivity contribution < 1.29 is 4.79 Å². The van der Waals surface area contributed by atoms with Gasteiger partial charge in [0.05, 0.1) is 17.3 Å². The molecule has 2 aromatic heterocycles. The SMILES string of the molecule is O=C(Cc1ccccc1Cl)N1CCCN(c2ncnc3[nH]ccc23)CC12CC2. The van der Waals surface area contributed by atoms with Crippen molar-refractivity contribution in [1.29, 1.82) is 0 Å². The first kappa shape index (κ1) is 17.5. The zero-order valence-electron chi connectivity index (χ0n) is 15.6. The zero-order valence-corrected chi connectivity index (χ0v) is 16.3. The quantitative estimate of drug-likeness (QED) is 0.737. The molecule has 6 nitrogen and oxygen atoms in total. The Morgan fingerprint density at radius 3 is 2.86 bits per heavy atom. The van der Waals surface area contributed by atoms with Gasteiger partial charge >= 0.3 is 0 Å². The molecule has 0 atom stereocenters. The van der Waals surface area contributed by atoms with E-state index >= 15 is 0 Å². The number of H-pyrrole nitrogens is 1. The van der Waals surface area contributed by atoms with Gasteiger partial charge in [-0.2, -0.15) is 0 Å². The highest BCUT2D eigenvalue weighted by Gasteiger charge is 2.52. The Morgan fingerprint density at radius 2 is 2.04 bits per heavy atom. The maximum absolute atomic E-state index is 13.2. The molecule has 28 heavy (non-hydrogen) atoms. The van der Waals surface area contributed by atoms with Crippen molar-refractivity contribution in [2.45, 2.75) is 31.2 Å². The summed E-state index contributed by atoms with van der Waals surface area (Å²) in [7, 11) is 0. The number of nitrogens with one attached hydrogen (secondary N) is 1. The van der Waals surface area contributed by atoms with Crippen LogP contribution in [0.4, 0.5) is 5.82 Å². The monoisotopic (exact) mass is 395 g/mol. The molecule has 1 aliphatic carbocycles. The van der Waals surface area contributed by atoms with E-state index in [9.17, 15) is 4.79 Å². The molecule has 144 valence electrons. The summed E-state index contributed by atoms with van der Waals surface area (Å²) < 4.78 is 0. The van der Waals surface area contributed by atoms with Gasteiger partial charge in [-0.15, -0.1) is 0 Å². The van der Waals surface area contributed by atoms with E-state index in [1.807, 2.05) is 36.5 Å². The van der Waals surface area contributed by atoms with Crippen LogP contribution in [0.25, 0.3) is 11.0 Å². The van der Waals surface area contributed by atoms with E-state index in [1.54, 1.807) is 6.33 Å². The standard InChI is InChI=1S/C21H22ClN5O/c22-17-5-2-1-4-15(17)12-18(28)27-11-3-10-26(13-21(27)7-8-21)20-16-6-9-23-19(16)24-14-25-20/h1-2,4-6,9,14H,3,7-8,10-13H2,(H,23,24,25). The van der Waals surface area contributed by atoms with Crippen LogP contribution in [0.15, 0.2) is 42.9 Å². The van der Waals surface area contributed by atoms with Gasteiger partial charge in [-0.25, -0.2) is 9.97 Å². The van der Waals surface area contributed by atoms with Gasteiger partial charge in [-0.1, -0.05) is 29.8 Å².